The van der Waals surface area contributed by atoms with E-state index in [0.717, 1.165) is 19.3 Å². The predicted octanol–water partition coefficient (Wildman–Crippen LogP) is 9.83. The van der Waals surface area contributed by atoms with Crippen molar-refractivity contribution in [2.45, 2.75) is 19.3 Å². The molecular weight excluding hydrogens is 798 g/mol. The molecule has 2 nitrogen and oxygen atoms in total. The van der Waals surface area contributed by atoms with Gasteiger partial charge in [0.05, 0.1) is 31.5 Å². The van der Waals surface area contributed by atoms with Gasteiger partial charge < -0.3 is 9.13 Å². The van der Waals surface area contributed by atoms with E-state index in [1.54, 1.807) is 10.9 Å². The van der Waals surface area contributed by atoms with Gasteiger partial charge in [0.25, 0.3) is 6.71 Å². The molecule has 0 aliphatic carbocycles. The molecule has 0 atom stereocenters. The van der Waals surface area contributed by atoms with Crippen LogP contribution in [0.5, 0.6) is 0 Å². The Labute approximate surface area is 372 Å². The van der Waals surface area contributed by atoms with E-state index in [1.807, 2.05) is 22.7 Å². The average Bonchev–Trinajstić information content (AvgIpc) is 3.34. The number of hydrogen-bond acceptors (Lipinski definition) is 2. The van der Waals surface area contributed by atoms with Gasteiger partial charge in [-0.2, -0.15) is 0 Å². The Morgan fingerprint density at radius 1 is 0.381 bits per heavy atom. The van der Waals surface area contributed by atoms with E-state index in [9.17, 15) is 0 Å². The summed E-state index contributed by atoms with van der Waals surface area (Å²) in [4.78, 5) is 0. The molecule has 0 radical (unpaired) electrons. The topological polar surface area (TPSA) is 9.86 Å². The summed E-state index contributed by atoms with van der Waals surface area (Å²) in [5, 5.41) is 0. The third-order valence-corrected chi connectivity index (χ3v) is 17.4. The molecule has 5 aliphatic heterocycles. The molecule has 63 heavy (non-hydrogen) atoms. The molecule has 0 bridgehead atoms. The normalized spacial score (nSPS) is 13.8. The minimum absolute atomic E-state index is 0.0568. The van der Waals surface area contributed by atoms with E-state index < -0.39 is 0 Å². The molecule has 0 unspecified atom stereocenters. The lowest BCUT2D eigenvalue weighted by Gasteiger charge is -2.44. The van der Waals surface area contributed by atoms with E-state index in [1.165, 1.54) is 130 Å². The zero-order chi connectivity index (χ0) is 40.7. The van der Waals surface area contributed by atoms with Gasteiger partial charge in [-0.15, -0.1) is 22.7 Å². The number of benzene rings is 9. The number of para-hydroxylation sites is 2. The fraction of sp³-hybridized carbons (Fsp3) is 0.0526. The molecule has 16 rings (SSSR count). The highest BCUT2D eigenvalue weighted by atomic mass is 32.1. The largest absolute Gasteiger partial charge is 0.308 e. The molecule has 9 aromatic carbocycles. The van der Waals surface area contributed by atoms with Gasteiger partial charge in [-0.1, -0.05) is 169 Å². The van der Waals surface area contributed by atoms with E-state index >= 15 is 0 Å². The van der Waals surface area contributed by atoms with Crippen LogP contribution in [0.15, 0.2) is 170 Å². The molecule has 0 N–H and O–H groups in total. The lowest BCUT2D eigenvalue weighted by Crippen LogP contribution is -2.65. The summed E-state index contributed by atoms with van der Waals surface area (Å²) >= 11 is 4.07. The van der Waals surface area contributed by atoms with Gasteiger partial charge in [0.15, 0.2) is 0 Å². The van der Waals surface area contributed by atoms with Crippen LogP contribution in [0, 0.1) is 0 Å². The van der Waals surface area contributed by atoms with Crippen LogP contribution in [-0.2, 0) is 19.3 Å². The van der Waals surface area contributed by atoms with Crippen LogP contribution >= 0.6 is 22.7 Å². The highest BCUT2D eigenvalue weighted by Gasteiger charge is 2.48. The van der Waals surface area contributed by atoms with E-state index in [4.69, 9.17) is 0 Å². The van der Waals surface area contributed by atoms with Crippen LogP contribution in [0.2, 0.25) is 0 Å². The Morgan fingerprint density at radius 2 is 0.825 bits per heavy atom. The van der Waals surface area contributed by atoms with Gasteiger partial charge in [0, 0.05) is 33.6 Å². The third kappa shape index (κ3) is 4.26. The molecule has 0 spiro atoms. The second-order valence-corrected chi connectivity index (χ2v) is 20.4. The number of aromatic nitrogens is 2. The SMILES string of the molecule is c1ccc(-c2cccc(B(c3cccc(-c4ccccc4)c3)c3c4sc5cccc6c5n5c4c4c7c3sc3cccc8c3n7-c3c(ccc7c3B4c3c(ccc(c3-5)C6)C7)C8)c2)cc1. The first-order valence-electron chi connectivity index (χ1n) is 22.3. The van der Waals surface area contributed by atoms with Crippen molar-refractivity contribution in [1.82, 2.24) is 9.13 Å². The first-order valence-corrected chi connectivity index (χ1v) is 23.9. The van der Waals surface area contributed by atoms with Crippen molar-refractivity contribution in [3.63, 3.8) is 0 Å². The summed E-state index contributed by atoms with van der Waals surface area (Å²) in [6.45, 7) is 0.137. The molecule has 0 saturated heterocycles. The minimum Gasteiger partial charge on any atom is -0.308 e. The summed E-state index contributed by atoms with van der Waals surface area (Å²) < 4.78 is 11.1. The Morgan fingerprint density at radius 3 is 1.33 bits per heavy atom. The van der Waals surface area contributed by atoms with Gasteiger partial charge in [0.2, 0.25) is 6.71 Å². The number of nitrogens with zero attached hydrogens (tertiary/aromatic N) is 2. The number of hydrogen-bond donors (Lipinski definition) is 0. The van der Waals surface area contributed by atoms with Gasteiger partial charge in [0.1, 0.15) is 0 Å². The van der Waals surface area contributed by atoms with Crippen molar-refractivity contribution in [2.24, 2.45) is 0 Å². The quantitative estimate of drug-likeness (QED) is 0.121. The fourth-order valence-corrected chi connectivity index (χ4v) is 15.4. The molecule has 0 saturated carbocycles. The summed E-state index contributed by atoms with van der Waals surface area (Å²) in [5.74, 6) is 0. The second kappa shape index (κ2) is 12.0. The monoisotopic (exact) mass is 832 g/mol. The molecule has 290 valence electrons. The summed E-state index contributed by atoms with van der Waals surface area (Å²) in [6, 6.07) is 64.9. The minimum atomic E-state index is -0.0568. The highest BCUT2D eigenvalue weighted by Crippen LogP contribution is 2.47. The van der Waals surface area contributed by atoms with Gasteiger partial charge >= 0.3 is 0 Å². The van der Waals surface area contributed by atoms with Crippen molar-refractivity contribution in [3.8, 4) is 33.6 Å². The maximum atomic E-state index is 2.79. The van der Waals surface area contributed by atoms with Crippen LogP contribution in [0.25, 0.3) is 74.5 Å². The van der Waals surface area contributed by atoms with Crippen molar-refractivity contribution < 1.29 is 0 Å². The van der Waals surface area contributed by atoms with Crippen LogP contribution in [0.1, 0.15) is 33.4 Å². The smallest absolute Gasteiger partial charge is 0.253 e. The predicted molar refractivity (Wildman–Crippen MR) is 270 cm³/mol. The van der Waals surface area contributed by atoms with E-state index in [2.05, 4.69) is 179 Å². The Balaban J connectivity index is 1.15. The Kier molecular flexibility index (Phi) is 6.42. The molecule has 11 aromatic rings. The van der Waals surface area contributed by atoms with E-state index in [0.29, 0.717) is 0 Å². The van der Waals surface area contributed by atoms with Crippen molar-refractivity contribution in [1.29, 1.82) is 0 Å². The first kappa shape index (κ1) is 33.7. The Bertz CT molecular complexity index is 3710. The van der Waals surface area contributed by atoms with Gasteiger partial charge in [-0.05, 0) is 96.0 Å². The first-order chi connectivity index (χ1) is 31.2. The second-order valence-electron chi connectivity index (χ2n) is 18.3. The van der Waals surface area contributed by atoms with Crippen molar-refractivity contribution in [2.75, 3.05) is 0 Å². The molecule has 0 amide bonds. The third-order valence-electron chi connectivity index (χ3n) is 15.1. The molecule has 2 aromatic heterocycles. The fourth-order valence-electron chi connectivity index (χ4n) is 12.7. The summed E-state index contributed by atoms with van der Waals surface area (Å²) in [7, 11) is 0. The standard InChI is InChI=1S/C57H34B2N2S2/c1-3-11-32(12-4-1)34-15-7-19-42(30-34)58(43-20-8-16-35(31-43)33-13-5-2-6-14-33)49-56-54-48-55-57(49)63-45-22-10-18-39-29-41-26-24-37-27-36-23-25-40-28-38-17-9-21-44(62-56)50(38)60(54)52(40)46(36)59(48)47(37)53(41)61(55)51(39)45/h1-26,30-31H,27-29H2. The summed E-state index contributed by atoms with van der Waals surface area (Å²) in [6.07, 6.45) is 2.92. The zero-order valence-electron chi connectivity index (χ0n) is 34.2. The van der Waals surface area contributed by atoms with Gasteiger partial charge in [-0.3, -0.25) is 0 Å². The van der Waals surface area contributed by atoms with Gasteiger partial charge in [-0.25, -0.2) is 0 Å². The average molecular weight is 833 g/mol. The highest BCUT2D eigenvalue weighted by molar-refractivity contribution is 7.31. The lowest BCUT2D eigenvalue weighted by molar-refractivity contribution is 1.01. The number of rotatable bonds is 5. The summed E-state index contributed by atoms with van der Waals surface area (Å²) in [5.41, 5.74) is 31.0. The van der Waals surface area contributed by atoms with Crippen LogP contribution in [-0.4, -0.2) is 22.6 Å². The van der Waals surface area contributed by atoms with Crippen LogP contribution in [0.4, 0.5) is 0 Å². The Hall–Kier alpha value is -6.85. The van der Waals surface area contributed by atoms with Crippen molar-refractivity contribution >= 4 is 110 Å². The molecule has 5 aliphatic rings. The van der Waals surface area contributed by atoms with Crippen LogP contribution < -0.4 is 32.8 Å². The van der Waals surface area contributed by atoms with Crippen LogP contribution in [0.3, 0.4) is 0 Å². The lowest BCUT2D eigenvalue weighted by atomic mass is 9.30. The molecule has 7 heterocycles. The van der Waals surface area contributed by atoms with Crippen molar-refractivity contribution in [3.05, 3.63) is 203 Å². The molecular formula is C57H34B2N2S2. The maximum absolute atomic E-state index is 2.79. The van der Waals surface area contributed by atoms with E-state index in [-0.39, 0.29) is 13.4 Å². The molecule has 0 fully saturated rings. The molecule has 6 heteroatoms. The zero-order valence-corrected chi connectivity index (χ0v) is 35.8. The maximum Gasteiger partial charge on any atom is 0.253 e.